The Bertz CT molecular complexity index is 654. The fraction of sp³-hybridized carbons (Fsp3) is 0.278. The Balaban J connectivity index is 1.62. The number of rotatable bonds is 2. The number of hydrogen-bond donors (Lipinski definition) is 2. The fourth-order valence-electron chi connectivity index (χ4n) is 2.88. The van der Waals surface area contributed by atoms with Gasteiger partial charge in [-0.15, -0.1) is 0 Å². The van der Waals surface area contributed by atoms with Gasteiger partial charge in [0.1, 0.15) is 0 Å². The van der Waals surface area contributed by atoms with Gasteiger partial charge < -0.3 is 10.6 Å². The number of fused-ring (bicyclic) bond motifs is 1. The maximum Gasteiger partial charge on any atom is 0.319 e. The number of anilines is 1. The van der Waals surface area contributed by atoms with Crippen LogP contribution < -0.4 is 10.6 Å². The van der Waals surface area contributed by atoms with Crippen molar-refractivity contribution in [3.05, 3.63) is 64.7 Å². The molecule has 1 aliphatic carbocycles. The summed E-state index contributed by atoms with van der Waals surface area (Å²) in [6, 6.07) is 14.5. The van der Waals surface area contributed by atoms with Crippen LogP contribution in [0.15, 0.2) is 42.5 Å². The molecule has 0 bridgehead atoms. The van der Waals surface area contributed by atoms with E-state index in [1.54, 1.807) is 0 Å². The van der Waals surface area contributed by atoms with E-state index in [1.807, 2.05) is 32.0 Å². The number of amides is 2. The van der Waals surface area contributed by atoms with Gasteiger partial charge in [-0.25, -0.2) is 4.79 Å². The van der Waals surface area contributed by atoms with Crippen molar-refractivity contribution in [3.63, 3.8) is 0 Å². The van der Waals surface area contributed by atoms with Crippen molar-refractivity contribution in [1.29, 1.82) is 0 Å². The second kappa shape index (κ2) is 5.60. The summed E-state index contributed by atoms with van der Waals surface area (Å²) >= 11 is 0. The lowest BCUT2D eigenvalue weighted by Gasteiger charge is -2.14. The van der Waals surface area contributed by atoms with Gasteiger partial charge in [-0.1, -0.05) is 36.4 Å². The number of nitrogens with one attached hydrogen (secondary N) is 2. The SMILES string of the molecule is Cc1ccc(C)c(NC(=O)NC2Cc3ccccc3C2)c1. The van der Waals surface area contributed by atoms with Crippen molar-refractivity contribution in [1.82, 2.24) is 5.32 Å². The maximum atomic E-state index is 12.2. The highest BCUT2D eigenvalue weighted by molar-refractivity contribution is 5.90. The highest BCUT2D eigenvalue weighted by atomic mass is 16.2. The van der Waals surface area contributed by atoms with Crippen molar-refractivity contribution in [3.8, 4) is 0 Å². The Labute approximate surface area is 125 Å². The van der Waals surface area contributed by atoms with Crippen LogP contribution in [0.4, 0.5) is 10.5 Å². The molecule has 0 heterocycles. The van der Waals surface area contributed by atoms with Crippen LogP contribution in [0.3, 0.4) is 0 Å². The number of aryl methyl sites for hydroxylation is 2. The summed E-state index contributed by atoms with van der Waals surface area (Å²) in [6.07, 6.45) is 1.83. The van der Waals surface area contributed by atoms with Crippen molar-refractivity contribution >= 4 is 11.7 Å². The molecule has 0 saturated carbocycles. The van der Waals surface area contributed by atoms with E-state index in [0.29, 0.717) is 0 Å². The van der Waals surface area contributed by atoms with Crippen LogP contribution in [0.25, 0.3) is 0 Å². The standard InChI is InChI=1S/C18H20N2O/c1-12-7-8-13(2)17(9-12)20-18(21)19-16-10-14-5-3-4-6-15(14)11-16/h3-9,16H,10-11H2,1-2H3,(H2,19,20,21). The zero-order chi connectivity index (χ0) is 14.8. The predicted octanol–water partition coefficient (Wildman–Crippen LogP) is 3.59. The van der Waals surface area contributed by atoms with Crippen LogP contribution in [-0.4, -0.2) is 12.1 Å². The number of hydrogen-bond acceptors (Lipinski definition) is 1. The van der Waals surface area contributed by atoms with E-state index >= 15 is 0 Å². The Hall–Kier alpha value is -2.29. The topological polar surface area (TPSA) is 41.1 Å². The molecule has 0 saturated heterocycles. The minimum atomic E-state index is -0.124. The van der Waals surface area contributed by atoms with Crippen LogP contribution in [0.5, 0.6) is 0 Å². The Morgan fingerprint density at radius 1 is 1.05 bits per heavy atom. The molecule has 0 radical (unpaired) electrons. The summed E-state index contributed by atoms with van der Waals surface area (Å²) in [5.74, 6) is 0. The summed E-state index contributed by atoms with van der Waals surface area (Å²) in [5.41, 5.74) is 5.78. The second-order valence-corrected chi connectivity index (χ2v) is 5.79. The van der Waals surface area contributed by atoms with Crippen molar-refractivity contribution in [2.24, 2.45) is 0 Å². The van der Waals surface area contributed by atoms with E-state index in [0.717, 1.165) is 29.7 Å². The van der Waals surface area contributed by atoms with E-state index < -0.39 is 0 Å². The smallest absolute Gasteiger partial charge is 0.319 e. The first-order valence-electron chi connectivity index (χ1n) is 7.33. The first kappa shape index (κ1) is 13.7. The lowest BCUT2D eigenvalue weighted by molar-refractivity contribution is 0.249. The molecule has 3 rings (SSSR count). The van der Waals surface area contributed by atoms with E-state index in [9.17, 15) is 4.79 Å². The second-order valence-electron chi connectivity index (χ2n) is 5.79. The molecule has 0 aromatic heterocycles. The van der Waals surface area contributed by atoms with E-state index in [2.05, 4.69) is 34.9 Å². The third-order valence-electron chi connectivity index (χ3n) is 4.03. The highest BCUT2D eigenvalue weighted by Crippen LogP contribution is 2.22. The third-order valence-corrected chi connectivity index (χ3v) is 4.03. The van der Waals surface area contributed by atoms with E-state index in [1.165, 1.54) is 11.1 Å². The van der Waals surface area contributed by atoms with Crippen molar-refractivity contribution < 1.29 is 4.79 Å². The summed E-state index contributed by atoms with van der Waals surface area (Å²) in [5, 5.41) is 6.03. The average Bonchev–Trinajstić information content (AvgIpc) is 2.84. The van der Waals surface area contributed by atoms with Gasteiger partial charge in [0.2, 0.25) is 0 Å². The summed E-state index contributed by atoms with van der Waals surface area (Å²) in [4.78, 5) is 12.2. The molecule has 3 nitrogen and oxygen atoms in total. The number of benzene rings is 2. The molecular weight excluding hydrogens is 260 g/mol. The molecular formula is C18H20N2O. The summed E-state index contributed by atoms with van der Waals surface area (Å²) in [7, 11) is 0. The van der Waals surface area contributed by atoms with Crippen LogP contribution in [-0.2, 0) is 12.8 Å². The molecule has 2 aromatic rings. The molecule has 21 heavy (non-hydrogen) atoms. The Kier molecular flexibility index (Phi) is 3.65. The van der Waals surface area contributed by atoms with Gasteiger partial charge in [-0.2, -0.15) is 0 Å². The molecule has 0 unspecified atom stereocenters. The van der Waals surface area contributed by atoms with Crippen LogP contribution in [0.1, 0.15) is 22.3 Å². The predicted molar refractivity (Wildman–Crippen MR) is 85.7 cm³/mol. The number of carbonyl (C=O) groups excluding carboxylic acids is 1. The number of carbonyl (C=O) groups is 1. The maximum absolute atomic E-state index is 12.2. The van der Waals surface area contributed by atoms with Crippen molar-refractivity contribution in [2.75, 3.05) is 5.32 Å². The number of urea groups is 1. The van der Waals surface area contributed by atoms with Gasteiger partial charge in [-0.3, -0.25) is 0 Å². The molecule has 2 N–H and O–H groups in total. The zero-order valence-corrected chi connectivity index (χ0v) is 12.4. The first-order valence-corrected chi connectivity index (χ1v) is 7.33. The third kappa shape index (κ3) is 3.07. The fourth-order valence-corrected chi connectivity index (χ4v) is 2.88. The Morgan fingerprint density at radius 2 is 1.71 bits per heavy atom. The van der Waals surface area contributed by atoms with Gasteiger partial charge in [0.15, 0.2) is 0 Å². The quantitative estimate of drug-likeness (QED) is 0.867. The monoisotopic (exact) mass is 280 g/mol. The van der Waals surface area contributed by atoms with Gasteiger partial charge in [0, 0.05) is 11.7 Å². The Morgan fingerprint density at radius 3 is 2.38 bits per heavy atom. The average molecular weight is 280 g/mol. The van der Waals surface area contributed by atoms with Crippen LogP contribution in [0, 0.1) is 13.8 Å². The largest absolute Gasteiger partial charge is 0.334 e. The van der Waals surface area contributed by atoms with E-state index in [-0.39, 0.29) is 12.1 Å². The molecule has 0 atom stereocenters. The zero-order valence-electron chi connectivity index (χ0n) is 12.4. The minimum Gasteiger partial charge on any atom is -0.334 e. The molecule has 0 aliphatic heterocycles. The molecule has 2 aromatic carbocycles. The first-order chi connectivity index (χ1) is 10.1. The lowest BCUT2D eigenvalue weighted by Crippen LogP contribution is -2.38. The van der Waals surface area contributed by atoms with Crippen LogP contribution in [0.2, 0.25) is 0 Å². The normalized spacial score (nSPS) is 13.8. The lowest BCUT2D eigenvalue weighted by atomic mass is 10.1. The highest BCUT2D eigenvalue weighted by Gasteiger charge is 2.22. The summed E-state index contributed by atoms with van der Waals surface area (Å²) < 4.78 is 0. The molecule has 108 valence electrons. The molecule has 0 spiro atoms. The molecule has 3 heteroatoms. The molecule has 0 fully saturated rings. The summed E-state index contributed by atoms with van der Waals surface area (Å²) in [6.45, 7) is 4.02. The van der Waals surface area contributed by atoms with Gasteiger partial charge >= 0.3 is 6.03 Å². The minimum absolute atomic E-state index is 0.124. The van der Waals surface area contributed by atoms with E-state index in [4.69, 9.17) is 0 Å². The van der Waals surface area contributed by atoms with Gasteiger partial charge in [0.25, 0.3) is 0 Å². The molecule has 2 amide bonds. The van der Waals surface area contributed by atoms with Gasteiger partial charge in [0.05, 0.1) is 0 Å². The van der Waals surface area contributed by atoms with Crippen LogP contribution >= 0.6 is 0 Å². The van der Waals surface area contributed by atoms with Gasteiger partial charge in [-0.05, 0) is 55.0 Å². The van der Waals surface area contributed by atoms with Crippen molar-refractivity contribution in [2.45, 2.75) is 32.7 Å². The molecule has 1 aliphatic rings.